The molecule has 15 heteroatoms. The molecule has 129 heavy (non-hydrogen) atoms. The van der Waals surface area contributed by atoms with Crippen LogP contribution in [-0.2, 0) is 35.2 Å². The van der Waals surface area contributed by atoms with Gasteiger partial charge in [-0.05, 0) is 160 Å². The molecule has 0 fully saturated rings. The Morgan fingerprint density at radius 2 is 0.481 bits per heavy atom. The van der Waals surface area contributed by atoms with Crippen molar-refractivity contribution in [3.05, 3.63) is 361 Å². The Hall–Kier alpha value is -16.0. The number of benzene rings is 15. The van der Waals surface area contributed by atoms with Crippen LogP contribution in [0.3, 0.4) is 0 Å². The van der Waals surface area contributed by atoms with Gasteiger partial charge in [-0.3, -0.25) is 4.98 Å². The summed E-state index contributed by atoms with van der Waals surface area (Å²) in [4.78, 5) is 21.9. The Bertz CT molecular complexity index is 8840. The summed E-state index contributed by atoms with van der Waals surface area (Å²) in [7, 11) is 10.0. The average Bonchev–Trinajstić information content (AvgIpc) is 1.53. The van der Waals surface area contributed by atoms with Gasteiger partial charge in [0, 0.05) is 84.0 Å². The van der Waals surface area contributed by atoms with Gasteiger partial charge in [-0.25, -0.2) is 19.1 Å². The maximum Gasteiger partial charge on any atom is 0.286 e. The standard InChI is InChI=1S/4C23H19N2O.C22H17N2O/c2*1-14-13-25(3)19(12-24-14)21-15(2)16-8-4-5-9-17(16)22-18-10-6-7-11-20(18)26-23(21)22;2*1-14-12-19(25(3)13-24-14)21-15(2)16-8-4-5-9-17(16)22-18-10-6-7-11-20(18)26-23(21)22;1-14-15-7-3-4-8-16(15)21-17-9-5-6-10-19(17)25-22(21)20(14)18-13-23-11-12-24(18)2/h4*4-13H,1-3H3;3-13H,1-2H3/q5*+1/i1D3;;;;. The summed E-state index contributed by atoms with van der Waals surface area (Å²) in [5.74, 6) is 0. The number of para-hydroxylation sites is 5. The molecule has 0 bridgehead atoms. The Balaban J connectivity index is 0.0000000995. The van der Waals surface area contributed by atoms with E-state index in [2.05, 4.69) is 267 Å². The van der Waals surface area contributed by atoms with Crippen LogP contribution in [0.5, 0.6) is 0 Å². The number of rotatable bonds is 5. The SMILES string of the molecule is Cc1c(-c2cncc[n+]2C)c2oc3ccccc3c2c2ccccc12.Cc1c[n+](C)c(-c2c(C)c3ccccc3c3c2oc2ccccc23)cn1.Cc1cc(-c2c(C)c3ccccc3c3c2oc2ccccc23)[n+](C)cn1.Cc1cc(-c2c(C)c3ccccc3c3c2oc2ccccc23)[n+](C)cn1.[2H]C([2H])([2H])c1c[n+](C)c(-c2c(C)c3ccccc3c3c2oc2ccccc23)cn1. The summed E-state index contributed by atoms with van der Waals surface area (Å²) < 4.78 is 64.9. The maximum atomic E-state index is 7.64. The molecule has 0 N–H and O–H groups in total. The topological polar surface area (TPSA) is 150 Å². The Morgan fingerprint density at radius 1 is 0.240 bits per heavy atom. The third kappa shape index (κ3) is 13.5. The molecular formula is C114H93N10O5+5. The number of furan rings is 5. The number of fused-ring (bicyclic) bond motifs is 25. The largest absolute Gasteiger partial charge is 0.455 e. The molecule has 0 amide bonds. The fourth-order valence-corrected chi connectivity index (χ4v) is 19.6. The molecule has 10 aromatic heterocycles. The van der Waals surface area contributed by atoms with Crippen LogP contribution in [0.4, 0.5) is 0 Å². The van der Waals surface area contributed by atoms with Crippen LogP contribution >= 0.6 is 0 Å². The van der Waals surface area contributed by atoms with Gasteiger partial charge in [0.15, 0.2) is 30.0 Å². The first-order chi connectivity index (χ1) is 64.1. The zero-order valence-corrected chi connectivity index (χ0v) is 74.0. The lowest BCUT2D eigenvalue weighted by atomic mass is 9.93. The van der Waals surface area contributed by atoms with Crippen molar-refractivity contribution in [2.45, 2.75) is 62.2 Å². The number of hydrogen-bond acceptors (Lipinski definition) is 10. The van der Waals surface area contributed by atoms with E-state index in [4.69, 9.17) is 26.2 Å². The molecule has 0 atom stereocenters. The average molecular weight is 1690 g/mol. The second-order valence-corrected chi connectivity index (χ2v) is 33.7. The lowest BCUT2D eigenvalue weighted by Gasteiger charge is -2.11. The lowest BCUT2D eigenvalue weighted by Crippen LogP contribution is -2.31. The van der Waals surface area contributed by atoms with Crippen LogP contribution in [0.1, 0.15) is 54.7 Å². The molecule has 0 spiro atoms. The van der Waals surface area contributed by atoms with E-state index >= 15 is 0 Å². The number of aryl methyl sites for hydroxylation is 14. The van der Waals surface area contributed by atoms with Crippen LogP contribution in [0.15, 0.2) is 333 Å². The minimum atomic E-state index is -2.25. The van der Waals surface area contributed by atoms with Gasteiger partial charge in [-0.15, -0.1) is 0 Å². The van der Waals surface area contributed by atoms with Crippen molar-refractivity contribution in [1.82, 2.24) is 24.9 Å². The van der Waals surface area contributed by atoms with E-state index in [1.807, 2.05) is 164 Å². The quantitative estimate of drug-likeness (QED) is 0.152. The van der Waals surface area contributed by atoms with Crippen LogP contribution in [-0.4, -0.2) is 24.9 Å². The number of hydrogen-bond donors (Lipinski definition) is 0. The van der Waals surface area contributed by atoms with E-state index in [1.54, 1.807) is 18.6 Å². The smallest absolute Gasteiger partial charge is 0.286 e. The minimum Gasteiger partial charge on any atom is -0.455 e. The van der Waals surface area contributed by atoms with E-state index in [0.717, 1.165) is 178 Å². The van der Waals surface area contributed by atoms with Gasteiger partial charge in [0.05, 0.1) is 66.7 Å². The minimum absolute atomic E-state index is 0.0723. The summed E-state index contributed by atoms with van der Waals surface area (Å²) in [5, 5.41) is 23.7. The van der Waals surface area contributed by atoms with Crippen molar-refractivity contribution in [2.24, 2.45) is 35.2 Å². The summed E-state index contributed by atoms with van der Waals surface area (Å²) in [6.07, 6.45) is 16.6. The molecule has 0 unspecified atom stereocenters. The van der Waals surface area contributed by atoms with Crippen LogP contribution < -0.4 is 22.8 Å². The summed E-state index contributed by atoms with van der Waals surface area (Å²) in [6, 6.07) is 87.9. The molecule has 25 aromatic rings. The van der Waals surface area contributed by atoms with E-state index < -0.39 is 6.85 Å². The van der Waals surface area contributed by atoms with Crippen molar-refractivity contribution in [1.29, 1.82) is 0 Å². The highest BCUT2D eigenvalue weighted by Gasteiger charge is 2.31. The third-order valence-electron chi connectivity index (χ3n) is 25.7. The first-order valence-corrected chi connectivity index (χ1v) is 43.3. The third-order valence-corrected chi connectivity index (χ3v) is 25.7. The molecule has 0 aliphatic rings. The van der Waals surface area contributed by atoms with Crippen LogP contribution in [0.2, 0.25) is 0 Å². The second-order valence-electron chi connectivity index (χ2n) is 33.7. The highest BCUT2D eigenvalue weighted by Crippen LogP contribution is 2.49. The van der Waals surface area contributed by atoms with E-state index in [1.165, 1.54) is 86.9 Å². The summed E-state index contributed by atoms with van der Waals surface area (Å²) in [5.41, 5.74) is 28.7. The van der Waals surface area contributed by atoms with Gasteiger partial charge < -0.3 is 22.1 Å². The number of aromatic nitrogens is 10. The molecule has 0 aliphatic heterocycles. The second kappa shape index (κ2) is 32.2. The number of nitrogens with zero attached hydrogens (tertiary/aromatic N) is 10. The highest BCUT2D eigenvalue weighted by molar-refractivity contribution is 6.28. The molecule has 10 heterocycles. The maximum absolute atomic E-state index is 7.64. The van der Waals surface area contributed by atoms with Crippen molar-refractivity contribution < 1.29 is 49.0 Å². The first kappa shape index (κ1) is 76.6. The zero-order valence-electron chi connectivity index (χ0n) is 77.0. The molecule has 0 aliphatic carbocycles. The van der Waals surface area contributed by atoms with Gasteiger partial charge in [-0.2, -0.15) is 13.7 Å². The van der Waals surface area contributed by atoms with E-state index in [0.29, 0.717) is 0 Å². The molecule has 25 rings (SSSR count). The van der Waals surface area contributed by atoms with Gasteiger partial charge in [0.2, 0.25) is 17.1 Å². The normalized spacial score (nSPS) is 12.1. The monoisotopic (exact) mass is 1680 g/mol. The molecule has 0 radical (unpaired) electrons. The van der Waals surface area contributed by atoms with Crippen molar-refractivity contribution in [3.8, 4) is 56.3 Å². The molecule has 0 saturated heterocycles. The van der Waals surface area contributed by atoms with E-state index in [-0.39, 0.29) is 5.69 Å². The van der Waals surface area contributed by atoms with Gasteiger partial charge in [-0.1, -0.05) is 222 Å². The Labute approximate surface area is 748 Å². The molecule has 15 aromatic carbocycles. The fourth-order valence-electron chi connectivity index (χ4n) is 19.6. The predicted octanol–water partition coefficient (Wildman–Crippen LogP) is 25.9. The zero-order chi connectivity index (χ0) is 90.8. The molecule has 0 saturated carbocycles. The van der Waals surface area contributed by atoms with Gasteiger partial charge in [0.1, 0.15) is 99.7 Å². The van der Waals surface area contributed by atoms with E-state index in [9.17, 15) is 0 Å². The summed E-state index contributed by atoms with van der Waals surface area (Å²) in [6.45, 7) is 14.6. The Morgan fingerprint density at radius 3 is 0.752 bits per heavy atom. The molecular weight excluding hydrogens is 1590 g/mol. The molecule has 15 nitrogen and oxygen atoms in total. The Kier molecular flexibility index (Phi) is 19.1. The van der Waals surface area contributed by atoms with Crippen molar-refractivity contribution >= 4 is 164 Å². The lowest BCUT2D eigenvalue weighted by molar-refractivity contribution is -0.663. The van der Waals surface area contributed by atoms with Crippen LogP contribution in [0, 0.1) is 62.2 Å². The fraction of sp³-hybridized carbons (Fsp3) is 0.123. The van der Waals surface area contributed by atoms with Gasteiger partial charge >= 0.3 is 0 Å². The predicted molar refractivity (Wildman–Crippen MR) is 521 cm³/mol. The molecule has 624 valence electrons. The first-order valence-electron chi connectivity index (χ1n) is 44.8. The summed E-state index contributed by atoms with van der Waals surface area (Å²) >= 11 is 0. The van der Waals surface area contributed by atoms with Crippen molar-refractivity contribution in [2.75, 3.05) is 0 Å². The van der Waals surface area contributed by atoms with Crippen LogP contribution in [0.25, 0.3) is 220 Å². The highest BCUT2D eigenvalue weighted by atomic mass is 16.3. The van der Waals surface area contributed by atoms with Crippen molar-refractivity contribution in [3.63, 3.8) is 0 Å². The van der Waals surface area contributed by atoms with Gasteiger partial charge in [0.25, 0.3) is 12.7 Å².